The van der Waals surface area contributed by atoms with Crippen molar-refractivity contribution in [3.8, 4) is 0 Å². The first-order valence-corrected chi connectivity index (χ1v) is 6.10. The van der Waals surface area contributed by atoms with Crippen LogP contribution in [0, 0.1) is 0 Å². The Morgan fingerprint density at radius 2 is 1.89 bits per heavy atom. The Morgan fingerprint density at radius 3 is 2.42 bits per heavy atom. The quantitative estimate of drug-likeness (QED) is 0.811. The van der Waals surface area contributed by atoms with E-state index in [-0.39, 0.29) is 11.9 Å². The van der Waals surface area contributed by atoms with Gasteiger partial charge in [0.05, 0.1) is 7.11 Å². The molecule has 0 saturated heterocycles. The molecule has 1 aliphatic rings. The number of nitrogens with one attached hydrogen (secondary N) is 2. The first-order valence-electron chi connectivity index (χ1n) is 6.10. The van der Waals surface area contributed by atoms with Gasteiger partial charge in [-0.15, -0.1) is 0 Å². The van der Waals surface area contributed by atoms with Crippen LogP contribution in [0.3, 0.4) is 0 Å². The topological polar surface area (TPSA) is 70.7 Å². The van der Waals surface area contributed by atoms with E-state index in [9.17, 15) is 9.59 Å². The molecule has 0 heterocycles. The maximum atomic E-state index is 11.8. The predicted octanol–water partition coefficient (Wildman–Crippen LogP) is 1.60. The van der Waals surface area contributed by atoms with E-state index >= 15 is 0 Å². The molecule has 0 atom stereocenters. The number of urea groups is 1. The molecule has 0 unspecified atom stereocenters. The molecule has 3 amide bonds. The lowest BCUT2D eigenvalue weighted by molar-refractivity contribution is -0.0756. The Bertz CT molecular complexity index is 469. The molecule has 0 aliphatic heterocycles. The van der Waals surface area contributed by atoms with Crippen LogP contribution >= 0.6 is 0 Å². The van der Waals surface area contributed by atoms with Crippen molar-refractivity contribution in [2.75, 3.05) is 19.5 Å². The van der Waals surface area contributed by atoms with Crippen molar-refractivity contribution in [1.29, 1.82) is 0 Å². The molecule has 0 radical (unpaired) electrons. The molecule has 6 nitrogen and oxygen atoms in total. The molecule has 2 N–H and O–H groups in total. The molecular weight excluding hydrogens is 246 g/mol. The van der Waals surface area contributed by atoms with E-state index in [0.29, 0.717) is 17.3 Å². The molecule has 0 aromatic heterocycles. The second-order valence-electron chi connectivity index (χ2n) is 4.44. The van der Waals surface area contributed by atoms with Gasteiger partial charge in [-0.05, 0) is 37.1 Å². The summed E-state index contributed by atoms with van der Waals surface area (Å²) in [5.41, 5.74) is 1.15. The summed E-state index contributed by atoms with van der Waals surface area (Å²) in [6.45, 7) is 0. The minimum atomic E-state index is -0.239. The van der Waals surface area contributed by atoms with Gasteiger partial charge in [0, 0.05) is 24.3 Å². The van der Waals surface area contributed by atoms with Crippen LogP contribution in [-0.4, -0.2) is 37.2 Å². The normalized spacial score (nSPS) is 13.8. The van der Waals surface area contributed by atoms with E-state index in [2.05, 4.69) is 10.6 Å². The van der Waals surface area contributed by atoms with Crippen molar-refractivity contribution in [3.05, 3.63) is 29.8 Å². The summed E-state index contributed by atoms with van der Waals surface area (Å²) in [6, 6.07) is 6.76. The summed E-state index contributed by atoms with van der Waals surface area (Å²) in [6.07, 6.45) is 2.09. The Hall–Kier alpha value is -2.08. The number of amides is 3. The van der Waals surface area contributed by atoms with Crippen LogP contribution in [0.1, 0.15) is 23.2 Å². The molecule has 1 aromatic rings. The highest BCUT2D eigenvalue weighted by atomic mass is 16.7. The van der Waals surface area contributed by atoms with Crippen LogP contribution in [-0.2, 0) is 4.84 Å². The summed E-state index contributed by atoms with van der Waals surface area (Å²) in [7, 11) is 2.97. The highest BCUT2D eigenvalue weighted by molar-refractivity contribution is 5.95. The largest absolute Gasteiger partial charge is 0.335 e. The van der Waals surface area contributed by atoms with Crippen LogP contribution < -0.4 is 10.6 Å². The van der Waals surface area contributed by atoms with Gasteiger partial charge < -0.3 is 10.6 Å². The summed E-state index contributed by atoms with van der Waals surface area (Å²) in [4.78, 5) is 28.1. The van der Waals surface area contributed by atoms with Crippen LogP contribution in [0.25, 0.3) is 0 Å². The minimum Gasteiger partial charge on any atom is -0.335 e. The van der Waals surface area contributed by atoms with Crippen LogP contribution in [0.15, 0.2) is 24.3 Å². The molecular formula is C13H17N3O3. The van der Waals surface area contributed by atoms with E-state index in [4.69, 9.17) is 4.84 Å². The highest BCUT2D eigenvalue weighted by Crippen LogP contribution is 2.19. The van der Waals surface area contributed by atoms with E-state index in [1.807, 2.05) is 0 Å². The third kappa shape index (κ3) is 3.69. The number of rotatable bonds is 4. The summed E-state index contributed by atoms with van der Waals surface area (Å²) >= 11 is 0. The van der Waals surface area contributed by atoms with Gasteiger partial charge in [-0.3, -0.25) is 9.63 Å². The van der Waals surface area contributed by atoms with E-state index < -0.39 is 0 Å². The Kier molecular flexibility index (Phi) is 4.01. The first-order chi connectivity index (χ1) is 9.10. The standard InChI is InChI=1S/C13H17N3O3/c1-16(19-2)12(17)9-3-5-10(6-4-9)14-13(18)15-11-7-8-11/h3-6,11H,7-8H2,1-2H3,(H2,14,15,18). The molecule has 0 spiro atoms. The van der Waals surface area contributed by atoms with Crippen molar-refractivity contribution in [3.63, 3.8) is 0 Å². The number of hydrogen-bond acceptors (Lipinski definition) is 3. The van der Waals surface area contributed by atoms with Gasteiger partial charge in [-0.1, -0.05) is 0 Å². The third-order valence-electron chi connectivity index (χ3n) is 2.86. The van der Waals surface area contributed by atoms with Crippen molar-refractivity contribution < 1.29 is 14.4 Å². The maximum Gasteiger partial charge on any atom is 0.319 e. The lowest BCUT2D eigenvalue weighted by Crippen LogP contribution is -2.30. The molecule has 1 fully saturated rings. The van der Waals surface area contributed by atoms with E-state index in [1.54, 1.807) is 24.3 Å². The predicted molar refractivity (Wildman–Crippen MR) is 70.7 cm³/mol. The van der Waals surface area contributed by atoms with E-state index in [0.717, 1.165) is 17.9 Å². The average Bonchev–Trinajstić information content (AvgIpc) is 3.21. The van der Waals surface area contributed by atoms with Crippen LogP contribution in [0.4, 0.5) is 10.5 Å². The Morgan fingerprint density at radius 1 is 1.26 bits per heavy atom. The molecule has 19 heavy (non-hydrogen) atoms. The van der Waals surface area contributed by atoms with Gasteiger partial charge in [-0.25, -0.2) is 9.86 Å². The highest BCUT2D eigenvalue weighted by Gasteiger charge is 2.23. The lowest BCUT2D eigenvalue weighted by atomic mass is 10.2. The maximum absolute atomic E-state index is 11.8. The Labute approximate surface area is 111 Å². The zero-order valence-corrected chi connectivity index (χ0v) is 11.0. The second-order valence-corrected chi connectivity index (χ2v) is 4.44. The minimum absolute atomic E-state index is 0.212. The molecule has 102 valence electrons. The van der Waals surface area contributed by atoms with Crippen molar-refractivity contribution in [2.24, 2.45) is 0 Å². The van der Waals surface area contributed by atoms with Crippen molar-refractivity contribution in [1.82, 2.24) is 10.4 Å². The van der Waals surface area contributed by atoms with Crippen LogP contribution in [0.5, 0.6) is 0 Å². The molecule has 2 rings (SSSR count). The first kappa shape index (κ1) is 13.4. The van der Waals surface area contributed by atoms with Crippen molar-refractivity contribution in [2.45, 2.75) is 18.9 Å². The number of hydroxylamine groups is 2. The fourth-order valence-electron chi connectivity index (χ4n) is 1.54. The van der Waals surface area contributed by atoms with Gasteiger partial charge >= 0.3 is 6.03 Å². The number of carbonyl (C=O) groups is 2. The van der Waals surface area contributed by atoms with E-state index in [1.165, 1.54) is 14.2 Å². The van der Waals surface area contributed by atoms with Crippen LogP contribution in [0.2, 0.25) is 0 Å². The van der Waals surface area contributed by atoms with Gasteiger partial charge in [0.1, 0.15) is 0 Å². The molecule has 0 bridgehead atoms. The molecule has 1 saturated carbocycles. The number of hydrogen-bond donors (Lipinski definition) is 2. The van der Waals surface area contributed by atoms with Gasteiger partial charge in [-0.2, -0.15) is 0 Å². The number of benzene rings is 1. The Balaban J connectivity index is 1.93. The number of nitrogens with zero attached hydrogens (tertiary/aromatic N) is 1. The summed E-state index contributed by atoms with van der Waals surface area (Å²) in [5, 5.41) is 6.68. The summed E-state index contributed by atoms with van der Waals surface area (Å²) < 4.78 is 0. The fourth-order valence-corrected chi connectivity index (χ4v) is 1.54. The van der Waals surface area contributed by atoms with Gasteiger partial charge in [0.25, 0.3) is 5.91 Å². The SMILES string of the molecule is CON(C)C(=O)c1ccc(NC(=O)NC2CC2)cc1. The average molecular weight is 263 g/mol. The third-order valence-corrected chi connectivity index (χ3v) is 2.86. The molecule has 1 aliphatic carbocycles. The number of carbonyl (C=O) groups excluding carboxylic acids is 2. The van der Waals surface area contributed by atoms with Gasteiger partial charge in [0.15, 0.2) is 0 Å². The van der Waals surface area contributed by atoms with Crippen molar-refractivity contribution >= 4 is 17.6 Å². The second kappa shape index (κ2) is 5.71. The van der Waals surface area contributed by atoms with Gasteiger partial charge in [0.2, 0.25) is 0 Å². The lowest BCUT2D eigenvalue weighted by Gasteiger charge is -2.13. The zero-order chi connectivity index (χ0) is 13.8. The smallest absolute Gasteiger partial charge is 0.319 e. The zero-order valence-electron chi connectivity index (χ0n) is 11.0. The molecule has 6 heteroatoms. The summed E-state index contributed by atoms with van der Waals surface area (Å²) in [5.74, 6) is -0.239. The fraction of sp³-hybridized carbons (Fsp3) is 0.385. The monoisotopic (exact) mass is 263 g/mol. The molecule has 1 aromatic carbocycles. The number of anilines is 1.